The van der Waals surface area contributed by atoms with Gasteiger partial charge < -0.3 is 19.3 Å². The summed E-state index contributed by atoms with van der Waals surface area (Å²) < 4.78 is 16.5. The quantitative estimate of drug-likeness (QED) is 0.659. The summed E-state index contributed by atoms with van der Waals surface area (Å²) in [5.41, 5.74) is 3.05. The molecule has 3 aromatic rings. The van der Waals surface area contributed by atoms with Crippen LogP contribution in [0.4, 0.5) is 0 Å². The number of aromatic nitrogens is 1. The minimum absolute atomic E-state index is 0.215. The summed E-state index contributed by atoms with van der Waals surface area (Å²) in [7, 11) is 1.62. The highest BCUT2D eigenvalue weighted by Gasteiger charge is 2.18. The lowest BCUT2D eigenvalue weighted by molar-refractivity contribution is 0.0935. The summed E-state index contributed by atoms with van der Waals surface area (Å²) in [6.45, 7) is 5.91. The van der Waals surface area contributed by atoms with Crippen molar-refractivity contribution in [2.45, 2.75) is 33.4 Å². The van der Waals surface area contributed by atoms with E-state index in [0.29, 0.717) is 17.1 Å². The zero-order valence-corrected chi connectivity index (χ0v) is 16.5. The molecule has 0 aliphatic carbocycles. The van der Waals surface area contributed by atoms with Gasteiger partial charge in [0.2, 0.25) is 0 Å². The maximum Gasteiger partial charge on any atom is 0.255 e. The normalized spacial score (nSPS) is 11.7. The highest BCUT2D eigenvalue weighted by Crippen LogP contribution is 2.26. The molecule has 0 saturated carbocycles. The summed E-state index contributed by atoms with van der Waals surface area (Å²) in [4.78, 5) is 12.9. The molecule has 1 aromatic heterocycles. The van der Waals surface area contributed by atoms with E-state index in [1.165, 1.54) is 0 Å². The summed E-state index contributed by atoms with van der Waals surface area (Å²) in [5, 5.41) is 6.94. The van der Waals surface area contributed by atoms with Crippen LogP contribution >= 0.6 is 0 Å². The first kappa shape index (κ1) is 19.5. The molecule has 0 saturated heterocycles. The number of nitrogens with zero attached hydrogens (tertiary/aromatic N) is 1. The van der Waals surface area contributed by atoms with Gasteiger partial charge in [-0.2, -0.15) is 0 Å². The predicted molar refractivity (Wildman–Crippen MR) is 106 cm³/mol. The number of benzene rings is 2. The van der Waals surface area contributed by atoms with Gasteiger partial charge in [0.15, 0.2) is 0 Å². The molecule has 146 valence electrons. The Morgan fingerprint density at radius 3 is 2.46 bits per heavy atom. The Bertz CT molecular complexity index is 945. The lowest BCUT2D eigenvalue weighted by Crippen LogP contribution is -2.27. The molecule has 0 radical (unpaired) electrons. The number of methoxy groups -OCH3 is 1. The molecule has 28 heavy (non-hydrogen) atoms. The number of hydrogen-bond acceptors (Lipinski definition) is 5. The number of carbonyl (C=O) groups excluding carboxylic acids is 1. The minimum atomic E-state index is -0.223. The van der Waals surface area contributed by atoms with Crippen LogP contribution in [0.1, 0.15) is 45.9 Å². The predicted octanol–water partition coefficient (Wildman–Crippen LogP) is 4.37. The molecule has 0 fully saturated rings. The highest BCUT2D eigenvalue weighted by molar-refractivity contribution is 5.97. The van der Waals surface area contributed by atoms with Crippen molar-refractivity contribution >= 4 is 5.91 Å². The third kappa shape index (κ3) is 4.17. The van der Waals surface area contributed by atoms with Crippen molar-refractivity contribution in [3.8, 4) is 11.5 Å². The second kappa shape index (κ2) is 8.61. The van der Waals surface area contributed by atoms with Crippen LogP contribution in [0.25, 0.3) is 0 Å². The molecule has 3 rings (SSSR count). The third-order valence-corrected chi connectivity index (χ3v) is 4.64. The third-order valence-electron chi connectivity index (χ3n) is 4.64. The van der Waals surface area contributed by atoms with Crippen molar-refractivity contribution in [2.24, 2.45) is 0 Å². The van der Waals surface area contributed by atoms with Crippen molar-refractivity contribution in [3.05, 3.63) is 76.7 Å². The highest BCUT2D eigenvalue weighted by atomic mass is 16.5. The largest absolute Gasteiger partial charge is 0.496 e. The monoisotopic (exact) mass is 380 g/mol. The second-order valence-corrected chi connectivity index (χ2v) is 6.52. The van der Waals surface area contributed by atoms with Gasteiger partial charge in [-0.05, 0) is 39.0 Å². The van der Waals surface area contributed by atoms with Gasteiger partial charge in [0.05, 0.1) is 30.0 Å². The van der Waals surface area contributed by atoms with E-state index in [-0.39, 0.29) is 18.6 Å². The van der Waals surface area contributed by atoms with Crippen molar-refractivity contribution in [2.75, 3.05) is 7.11 Å². The van der Waals surface area contributed by atoms with Crippen LogP contribution in [0.15, 0.2) is 53.1 Å². The number of nitrogens with one attached hydrogen (secondary N) is 1. The SMILES string of the molecule is COc1ccccc1C(C)NC(=O)c1ccccc1OCc1c(C)noc1C. The van der Waals surface area contributed by atoms with Crippen LogP contribution in [0.3, 0.4) is 0 Å². The zero-order chi connectivity index (χ0) is 20.1. The number of hydrogen-bond donors (Lipinski definition) is 1. The van der Waals surface area contributed by atoms with Crippen molar-refractivity contribution in [1.29, 1.82) is 0 Å². The number of para-hydroxylation sites is 2. The van der Waals surface area contributed by atoms with Gasteiger partial charge >= 0.3 is 0 Å². The second-order valence-electron chi connectivity index (χ2n) is 6.52. The average molecular weight is 380 g/mol. The Labute approximate surface area is 164 Å². The van der Waals surface area contributed by atoms with E-state index in [4.69, 9.17) is 14.0 Å². The lowest BCUT2D eigenvalue weighted by atomic mass is 10.1. The molecule has 0 aliphatic rings. The number of ether oxygens (including phenoxy) is 2. The summed E-state index contributed by atoms with van der Waals surface area (Å²) in [6, 6.07) is 14.6. The summed E-state index contributed by atoms with van der Waals surface area (Å²) in [5.74, 6) is 1.74. The minimum Gasteiger partial charge on any atom is -0.496 e. The van der Waals surface area contributed by atoms with Crippen molar-refractivity contribution in [1.82, 2.24) is 10.5 Å². The lowest BCUT2D eigenvalue weighted by Gasteiger charge is -2.18. The van der Waals surface area contributed by atoms with Crippen LogP contribution in [0.5, 0.6) is 11.5 Å². The number of carbonyl (C=O) groups is 1. The number of aryl methyl sites for hydroxylation is 2. The topological polar surface area (TPSA) is 73.6 Å². The van der Waals surface area contributed by atoms with E-state index < -0.39 is 0 Å². The molecule has 1 atom stereocenters. The van der Waals surface area contributed by atoms with Gasteiger partial charge in [-0.25, -0.2) is 0 Å². The Morgan fingerprint density at radius 2 is 1.79 bits per heavy atom. The van der Waals surface area contributed by atoms with Gasteiger partial charge in [-0.1, -0.05) is 35.5 Å². The Balaban J connectivity index is 1.75. The van der Waals surface area contributed by atoms with Crippen LogP contribution in [-0.2, 0) is 6.61 Å². The first-order chi connectivity index (χ1) is 13.5. The van der Waals surface area contributed by atoms with E-state index >= 15 is 0 Å². The van der Waals surface area contributed by atoms with E-state index in [1.807, 2.05) is 57.2 Å². The maximum atomic E-state index is 12.9. The van der Waals surface area contributed by atoms with Crippen LogP contribution in [0.2, 0.25) is 0 Å². The van der Waals surface area contributed by atoms with Gasteiger partial charge in [0.25, 0.3) is 5.91 Å². The Hall–Kier alpha value is -3.28. The van der Waals surface area contributed by atoms with Gasteiger partial charge in [-0.15, -0.1) is 0 Å². The molecule has 1 N–H and O–H groups in total. The van der Waals surface area contributed by atoms with Crippen LogP contribution < -0.4 is 14.8 Å². The molecule has 0 spiro atoms. The molecule has 2 aromatic carbocycles. The van der Waals surface area contributed by atoms with Gasteiger partial charge in [0, 0.05) is 5.56 Å². The smallest absolute Gasteiger partial charge is 0.255 e. The molecule has 1 heterocycles. The average Bonchev–Trinajstić information content (AvgIpc) is 3.04. The van der Waals surface area contributed by atoms with E-state index in [9.17, 15) is 4.79 Å². The first-order valence-electron chi connectivity index (χ1n) is 9.08. The first-order valence-corrected chi connectivity index (χ1v) is 9.08. The molecule has 6 nitrogen and oxygen atoms in total. The maximum absolute atomic E-state index is 12.9. The standard InChI is InChI=1S/C22H24N2O4/c1-14(17-9-5-7-11-20(17)26-4)23-22(25)18-10-6-8-12-21(18)27-13-19-15(2)24-28-16(19)3/h5-12,14H,13H2,1-4H3,(H,23,25). The molecule has 0 aliphatic heterocycles. The van der Waals surface area contributed by atoms with Gasteiger partial charge in [0.1, 0.15) is 23.9 Å². The fourth-order valence-electron chi connectivity index (χ4n) is 3.01. The van der Waals surface area contributed by atoms with Crippen molar-refractivity contribution in [3.63, 3.8) is 0 Å². The Morgan fingerprint density at radius 1 is 1.11 bits per heavy atom. The van der Waals surface area contributed by atoms with Crippen LogP contribution in [-0.4, -0.2) is 18.2 Å². The van der Waals surface area contributed by atoms with E-state index in [1.54, 1.807) is 19.2 Å². The summed E-state index contributed by atoms with van der Waals surface area (Å²) in [6.07, 6.45) is 0. The molecule has 6 heteroatoms. The number of rotatable bonds is 7. The number of amides is 1. The fraction of sp³-hybridized carbons (Fsp3) is 0.273. The summed E-state index contributed by atoms with van der Waals surface area (Å²) >= 11 is 0. The van der Waals surface area contributed by atoms with E-state index in [2.05, 4.69) is 10.5 Å². The molecule has 1 amide bonds. The van der Waals surface area contributed by atoms with Gasteiger partial charge in [-0.3, -0.25) is 4.79 Å². The molecular formula is C22H24N2O4. The van der Waals surface area contributed by atoms with E-state index in [0.717, 1.165) is 22.6 Å². The molecule has 1 unspecified atom stereocenters. The Kier molecular flexibility index (Phi) is 5.99. The van der Waals surface area contributed by atoms with Crippen LogP contribution in [0, 0.1) is 13.8 Å². The zero-order valence-electron chi connectivity index (χ0n) is 16.5. The fourth-order valence-corrected chi connectivity index (χ4v) is 3.01. The molecular weight excluding hydrogens is 356 g/mol. The molecule has 0 bridgehead atoms. The van der Waals surface area contributed by atoms with Crippen molar-refractivity contribution < 1.29 is 18.8 Å².